The molecule has 1 aromatic carbocycles. The van der Waals surface area contributed by atoms with Crippen molar-refractivity contribution in [3.63, 3.8) is 0 Å². The second kappa shape index (κ2) is 10.9. The van der Waals surface area contributed by atoms with E-state index in [-0.39, 0.29) is 30.6 Å². The van der Waals surface area contributed by atoms with Crippen LogP contribution < -0.4 is 9.47 Å². The molecule has 1 aromatic rings. The number of hydrogen-bond acceptors (Lipinski definition) is 8. The Morgan fingerprint density at radius 1 is 1.22 bits per heavy atom. The number of benzene rings is 1. The smallest absolute Gasteiger partial charge is 0.344 e. The molecule has 0 aliphatic carbocycles. The summed E-state index contributed by atoms with van der Waals surface area (Å²) in [6, 6.07) is 3.29. The number of hydrogen-bond donors (Lipinski definition) is 0. The third kappa shape index (κ3) is 5.63. The zero-order valence-electron chi connectivity index (χ0n) is 17.7. The van der Waals surface area contributed by atoms with Gasteiger partial charge in [-0.25, -0.2) is 4.79 Å². The lowest BCUT2D eigenvalue weighted by atomic mass is 10.2. The van der Waals surface area contributed by atoms with Crippen LogP contribution in [-0.4, -0.2) is 72.8 Å². The van der Waals surface area contributed by atoms with E-state index in [9.17, 15) is 19.2 Å². The summed E-state index contributed by atoms with van der Waals surface area (Å²) in [5.41, 5.74) is 0.577. The third-order valence-corrected chi connectivity index (χ3v) is 6.31. The Labute approximate surface area is 198 Å². The van der Waals surface area contributed by atoms with Gasteiger partial charge >= 0.3 is 5.97 Å². The molecule has 3 rings (SSSR count). The van der Waals surface area contributed by atoms with Gasteiger partial charge in [-0.15, -0.1) is 0 Å². The van der Waals surface area contributed by atoms with E-state index in [0.29, 0.717) is 34.6 Å². The maximum Gasteiger partial charge on any atom is 0.344 e. The first-order valence-corrected chi connectivity index (χ1v) is 11.6. The Morgan fingerprint density at radius 3 is 2.59 bits per heavy atom. The Hall–Kier alpha value is -2.53. The fourth-order valence-corrected chi connectivity index (χ4v) is 4.70. The van der Waals surface area contributed by atoms with E-state index in [4.69, 9.17) is 14.2 Å². The standard InChI is InChI=1S/C21H23BrN2O7S/c1-3-30-18(26)12-31-19-14(22)8-13(9-15(19)29-2)10-16-20(27)24(21(28)32-16)11-17(25)23-6-4-5-7-23/h8-10H,3-7,11-12H2,1-2H3. The van der Waals surface area contributed by atoms with Gasteiger partial charge < -0.3 is 19.1 Å². The number of thioether (sulfide) groups is 1. The normalized spacial score (nSPS) is 17.3. The van der Waals surface area contributed by atoms with Gasteiger partial charge in [0.15, 0.2) is 18.1 Å². The van der Waals surface area contributed by atoms with Crippen molar-refractivity contribution >= 4 is 56.8 Å². The molecule has 0 saturated carbocycles. The molecule has 2 saturated heterocycles. The van der Waals surface area contributed by atoms with Crippen molar-refractivity contribution in [2.45, 2.75) is 19.8 Å². The number of likely N-dealkylation sites (tertiary alicyclic amines) is 1. The van der Waals surface area contributed by atoms with Crippen molar-refractivity contribution in [1.29, 1.82) is 0 Å². The van der Waals surface area contributed by atoms with E-state index >= 15 is 0 Å². The molecule has 0 bridgehead atoms. The maximum absolute atomic E-state index is 12.7. The van der Waals surface area contributed by atoms with Crippen LogP contribution in [0.1, 0.15) is 25.3 Å². The predicted octanol–water partition coefficient (Wildman–Crippen LogP) is 3.06. The summed E-state index contributed by atoms with van der Waals surface area (Å²) in [6.45, 7) is 2.72. The van der Waals surface area contributed by atoms with Crippen LogP contribution in [0.5, 0.6) is 11.5 Å². The Kier molecular flexibility index (Phi) is 8.19. The van der Waals surface area contributed by atoms with Gasteiger partial charge in [0.1, 0.15) is 6.54 Å². The number of rotatable bonds is 8. The summed E-state index contributed by atoms with van der Waals surface area (Å²) in [5, 5.41) is -0.478. The number of methoxy groups -OCH3 is 1. The molecular weight excluding hydrogens is 504 g/mol. The highest BCUT2D eigenvalue weighted by molar-refractivity contribution is 9.10. The lowest BCUT2D eigenvalue weighted by Crippen LogP contribution is -2.40. The molecule has 2 aliphatic rings. The number of imide groups is 1. The molecule has 2 heterocycles. The number of amides is 3. The van der Waals surface area contributed by atoms with Crippen molar-refractivity contribution in [3.05, 3.63) is 27.1 Å². The quantitative estimate of drug-likeness (QED) is 0.376. The monoisotopic (exact) mass is 526 g/mol. The number of carbonyl (C=O) groups excluding carboxylic acids is 4. The summed E-state index contributed by atoms with van der Waals surface area (Å²) in [6.07, 6.45) is 3.42. The van der Waals surface area contributed by atoms with E-state index < -0.39 is 17.1 Å². The molecule has 11 heteroatoms. The molecule has 0 aromatic heterocycles. The summed E-state index contributed by atoms with van der Waals surface area (Å²) in [5.74, 6) is -0.605. The summed E-state index contributed by atoms with van der Waals surface area (Å²) in [4.78, 5) is 51.9. The number of carbonyl (C=O) groups is 4. The molecule has 32 heavy (non-hydrogen) atoms. The van der Waals surface area contributed by atoms with Gasteiger partial charge in [-0.1, -0.05) is 0 Å². The van der Waals surface area contributed by atoms with Crippen LogP contribution >= 0.6 is 27.7 Å². The van der Waals surface area contributed by atoms with Crippen LogP contribution in [-0.2, 0) is 19.1 Å². The van der Waals surface area contributed by atoms with Gasteiger partial charge in [-0.05, 0) is 71.2 Å². The van der Waals surface area contributed by atoms with Crippen LogP contribution in [0.3, 0.4) is 0 Å². The Balaban J connectivity index is 1.74. The molecule has 0 spiro atoms. The average Bonchev–Trinajstić information content (AvgIpc) is 3.38. The lowest BCUT2D eigenvalue weighted by molar-refractivity contribution is -0.145. The minimum Gasteiger partial charge on any atom is -0.493 e. The predicted molar refractivity (Wildman–Crippen MR) is 121 cm³/mol. The molecular formula is C21H23BrN2O7S. The molecule has 3 amide bonds. The second-order valence-electron chi connectivity index (χ2n) is 6.98. The fourth-order valence-electron chi connectivity index (χ4n) is 3.29. The highest BCUT2D eigenvalue weighted by Crippen LogP contribution is 2.39. The SMILES string of the molecule is CCOC(=O)COc1c(Br)cc(C=C2SC(=O)N(CC(=O)N3CCCC3)C2=O)cc1OC. The van der Waals surface area contributed by atoms with Crippen molar-refractivity contribution in [1.82, 2.24) is 9.80 Å². The minimum absolute atomic E-state index is 0.207. The zero-order valence-corrected chi connectivity index (χ0v) is 20.1. The number of esters is 1. The van der Waals surface area contributed by atoms with Crippen molar-refractivity contribution in [2.24, 2.45) is 0 Å². The Morgan fingerprint density at radius 2 is 1.94 bits per heavy atom. The van der Waals surface area contributed by atoms with Crippen LogP contribution in [0, 0.1) is 0 Å². The largest absolute Gasteiger partial charge is 0.493 e. The first kappa shape index (κ1) is 24.1. The van der Waals surface area contributed by atoms with E-state index in [0.717, 1.165) is 29.5 Å². The van der Waals surface area contributed by atoms with Gasteiger partial charge in [0.2, 0.25) is 5.91 Å². The molecule has 2 fully saturated rings. The van der Waals surface area contributed by atoms with Crippen LogP contribution in [0.25, 0.3) is 6.08 Å². The van der Waals surface area contributed by atoms with Crippen molar-refractivity contribution < 1.29 is 33.4 Å². The summed E-state index contributed by atoms with van der Waals surface area (Å²) in [7, 11) is 1.45. The van der Waals surface area contributed by atoms with E-state index in [1.54, 1.807) is 30.0 Å². The molecule has 0 N–H and O–H groups in total. The highest BCUT2D eigenvalue weighted by Gasteiger charge is 2.37. The molecule has 0 radical (unpaired) electrons. The Bertz CT molecular complexity index is 960. The molecule has 0 unspecified atom stereocenters. The fraction of sp³-hybridized carbons (Fsp3) is 0.429. The van der Waals surface area contributed by atoms with Gasteiger partial charge in [-0.2, -0.15) is 0 Å². The van der Waals surface area contributed by atoms with E-state index in [2.05, 4.69) is 15.9 Å². The summed E-state index contributed by atoms with van der Waals surface area (Å²) >= 11 is 4.16. The van der Waals surface area contributed by atoms with Gasteiger partial charge in [-0.3, -0.25) is 19.3 Å². The van der Waals surface area contributed by atoms with Crippen LogP contribution in [0.2, 0.25) is 0 Å². The molecule has 172 valence electrons. The number of ether oxygens (including phenoxy) is 3. The van der Waals surface area contributed by atoms with E-state index in [1.165, 1.54) is 7.11 Å². The molecule has 0 atom stereocenters. The highest BCUT2D eigenvalue weighted by atomic mass is 79.9. The van der Waals surface area contributed by atoms with Gasteiger partial charge in [0.05, 0.1) is 23.1 Å². The van der Waals surface area contributed by atoms with E-state index in [1.807, 2.05) is 0 Å². The first-order chi connectivity index (χ1) is 15.3. The second-order valence-corrected chi connectivity index (χ2v) is 8.83. The maximum atomic E-state index is 12.7. The zero-order chi connectivity index (χ0) is 23.3. The number of halogens is 1. The molecule has 9 nitrogen and oxygen atoms in total. The van der Waals surface area contributed by atoms with Crippen LogP contribution in [0.15, 0.2) is 21.5 Å². The van der Waals surface area contributed by atoms with Crippen molar-refractivity contribution in [3.8, 4) is 11.5 Å². The number of nitrogens with zero attached hydrogens (tertiary/aromatic N) is 2. The first-order valence-electron chi connectivity index (χ1n) is 10.0. The lowest BCUT2D eigenvalue weighted by Gasteiger charge is -2.18. The molecule has 2 aliphatic heterocycles. The van der Waals surface area contributed by atoms with Gasteiger partial charge in [0, 0.05) is 13.1 Å². The van der Waals surface area contributed by atoms with Gasteiger partial charge in [0.25, 0.3) is 11.1 Å². The third-order valence-electron chi connectivity index (χ3n) is 4.81. The van der Waals surface area contributed by atoms with Crippen molar-refractivity contribution in [2.75, 3.05) is 40.0 Å². The topological polar surface area (TPSA) is 102 Å². The minimum atomic E-state index is -0.511. The van der Waals surface area contributed by atoms with Crippen LogP contribution in [0.4, 0.5) is 4.79 Å². The average molecular weight is 527 g/mol. The summed E-state index contributed by atoms with van der Waals surface area (Å²) < 4.78 is 16.2.